The predicted octanol–water partition coefficient (Wildman–Crippen LogP) is 5.15. The number of rotatable bonds is 6. The predicted molar refractivity (Wildman–Crippen MR) is 113 cm³/mol. The Balaban J connectivity index is 1.78. The van der Waals surface area contributed by atoms with Crippen molar-refractivity contribution in [3.63, 3.8) is 0 Å². The summed E-state index contributed by atoms with van der Waals surface area (Å²) in [5, 5.41) is 6.15. The van der Waals surface area contributed by atoms with E-state index in [1.165, 1.54) is 0 Å². The molecule has 4 nitrogen and oxygen atoms in total. The third-order valence-corrected chi connectivity index (χ3v) is 4.74. The highest BCUT2D eigenvalue weighted by Crippen LogP contribution is 2.26. The summed E-state index contributed by atoms with van der Waals surface area (Å²) in [4.78, 5) is 12.8. The van der Waals surface area contributed by atoms with Crippen LogP contribution in [-0.2, 0) is 0 Å². The van der Waals surface area contributed by atoms with Gasteiger partial charge >= 0.3 is 6.03 Å². The number of benzene rings is 3. The van der Waals surface area contributed by atoms with Crippen LogP contribution < -0.4 is 15.4 Å². The third-order valence-electron chi connectivity index (χ3n) is 4.74. The molecule has 28 heavy (non-hydrogen) atoms. The van der Waals surface area contributed by atoms with Crippen molar-refractivity contribution >= 4 is 6.03 Å². The molecule has 2 amide bonds. The van der Waals surface area contributed by atoms with E-state index in [-0.39, 0.29) is 18.1 Å². The molecule has 0 aliphatic carbocycles. The van der Waals surface area contributed by atoms with Crippen LogP contribution >= 0.6 is 0 Å². The van der Waals surface area contributed by atoms with E-state index in [4.69, 9.17) is 4.74 Å². The van der Waals surface area contributed by atoms with Gasteiger partial charge in [-0.25, -0.2) is 4.79 Å². The van der Waals surface area contributed by atoms with E-state index in [1.54, 1.807) is 7.11 Å². The van der Waals surface area contributed by atoms with Gasteiger partial charge in [0.25, 0.3) is 0 Å². The molecular weight excluding hydrogens is 348 g/mol. The second kappa shape index (κ2) is 9.09. The SMILES string of the molecule is COc1ccc(C)cc1C(C)NC(=O)NC(c1ccccc1)c1ccccc1. The number of hydrogen-bond acceptors (Lipinski definition) is 2. The molecule has 3 aromatic carbocycles. The Morgan fingerprint density at radius 1 is 0.857 bits per heavy atom. The maximum atomic E-state index is 12.8. The fourth-order valence-electron chi connectivity index (χ4n) is 3.29. The molecule has 0 spiro atoms. The minimum Gasteiger partial charge on any atom is -0.496 e. The maximum absolute atomic E-state index is 12.8. The van der Waals surface area contributed by atoms with Crippen molar-refractivity contribution in [2.45, 2.75) is 25.9 Å². The molecular formula is C24H26N2O2. The summed E-state index contributed by atoms with van der Waals surface area (Å²) < 4.78 is 5.45. The number of methoxy groups -OCH3 is 1. The molecule has 0 radical (unpaired) electrons. The van der Waals surface area contributed by atoms with Gasteiger partial charge in [-0.05, 0) is 31.0 Å². The Hall–Kier alpha value is -3.27. The molecule has 0 aliphatic heterocycles. The van der Waals surface area contributed by atoms with Crippen molar-refractivity contribution < 1.29 is 9.53 Å². The van der Waals surface area contributed by atoms with Crippen LogP contribution in [0.2, 0.25) is 0 Å². The number of aryl methyl sites for hydroxylation is 1. The quantitative estimate of drug-likeness (QED) is 0.627. The number of amides is 2. The zero-order valence-electron chi connectivity index (χ0n) is 16.5. The zero-order chi connectivity index (χ0) is 19.9. The van der Waals surface area contributed by atoms with Crippen LogP contribution in [0.5, 0.6) is 5.75 Å². The molecule has 0 bridgehead atoms. The Morgan fingerprint density at radius 3 is 1.96 bits per heavy atom. The van der Waals surface area contributed by atoms with E-state index < -0.39 is 0 Å². The summed E-state index contributed by atoms with van der Waals surface area (Å²) in [6, 6.07) is 25.2. The second-order valence-corrected chi connectivity index (χ2v) is 6.84. The van der Waals surface area contributed by atoms with Gasteiger partial charge < -0.3 is 15.4 Å². The molecule has 1 atom stereocenters. The summed E-state index contributed by atoms with van der Waals surface area (Å²) in [6.45, 7) is 3.98. The molecule has 144 valence electrons. The average Bonchev–Trinajstić information content (AvgIpc) is 2.73. The fraction of sp³-hybridized carbons (Fsp3) is 0.208. The number of nitrogens with one attached hydrogen (secondary N) is 2. The van der Waals surface area contributed by atoms with Crippen LogP contribution in [0.1, 0.15) is 41.3 Å². The van der Waals surface area contributed by atoms with Crippen molar-refractivity contribution in [2.75, 3.05) is 7.11 Å². The number of ether oxygens (including phenoxy) is 1. The monoisotopic (exact) mass is 374 g/mol. The lowest BCUT2D eigenvalue weighted by Gasteiger charge is -2.23. The lowest BCUT2D eigenvalue weighted by Crippen LogP contribution is -2.39. The lowest BCUT2D eigenvalue weighted by atomic mass is 9.99. The standard InChI is InChI=1S/C24H26N2O2/c1-17-14-15-22(28-3)21(16-17)18(2)25-24(27)26-23(19-10-6-4-7-11-19)20-12-8-5-9-13-20/h4-16,18,23H,1-3H3,(H2,25,26,27). The van der Waals surface area contributed by atoms with Crippen LogP contribution in [0.25, 0.3) is 0 Å². The highest BCUT2D eigenvalue weighted by molar-refractivity contribution is 5.75. The molecule has 1 unspecified atom stereocenters. The Morgan fingerprint density at radius 2 is 1.43 bits per heavy atom. The minimum absolute atomic E-state index is 0.193. The largest absolute Gasteiger partial charge is 0.496 e. The Kier molecular flexibility index (Phi) is 6.33. The van der Waals surface area contributed by atoms with E-state index >= 15 is 0 Å². The topological polar surface area (TPSA) is 50.4 Å². The van der Waals surface area contributed by atoms with Crippen LogP contribution in [0.4, 0.5) is 4.79 Å². The normalized spacial score (nSPS) is 11.7. The number of carbonyl (C=O) groups is 1. The molecule has 3 rings (SSSR count). The number of hydrogen-bond donors (Lipinski definition) is 2. The smallest absolute Gasteiger partial charge is 0.316 e. The minimum atomic E-state index is -0.228. The van der Waals surface area contributed by atoms with Gasteiger partial charge in [0.15, 0.2) is 0 Å². The summed E-state index contributed by atoms with van der Waals surface area (Å²) in [7, 11) is 1.64. The van der Waals surface area contributed by atoms with Crippen molar-refractivity contribution in [2.24, 2.45) is 0 Å². The van der Waals surface area contributed by atoms with E-state index in [2.05, 4.69) is 10.6 Å². The highest BCUT2D eigenvalue weighted by atomic mass is 16.5. The molecule has 0 heterocycles. The van der Waals surface area contributed by atoms with Crippen molar-refractivity contribution in [3.8, 4) is 5.75 Å². The molecule has 0 saturated carbocycles. The van der Waals surface area contributed by atoms with Gasteiger partial charge in [-0.3, -0.25) is 0 Å². The first-order valence-electron chi connectivity index (χ1n) is 9.40. The molecule has 4 heteroatoms. The van der Waals surface area contributed by atoms with Crippen molar-refractivity contribution in [1.29, 1.82) is 0 Å². The number of urea groups is 1. The average molecular weight is 374 g/mol. The zero-order valence-corrected chi connectivity index (χ0v) is 16.5. The number of carbonyl (C=O) groups excluding carboxylic acids is 1. The van der Waals surface area contributed by atoms with E-state index in [9.17, 15) is 4.79 Å². The van der Waals surface area contributed by atoms with Gasteiger partial charge in [0, 0.05) is 5.56 Å². The van der Waals surface area contributed by atoms with Gasteiger partial charge in [-0.2, -0.15) is 0 Å². The highest BCUT2D eigenvalue weighted by Gasteiger charge is 2.19. The fourth-order valence-corrected chi connectivity index (χ4v) is 3.29. The van der Waals surface area contributed by atoms with Gasteiger partial charge in [0.05, 0.1) is 19.2 Å². The third kappa shape index (κ3) is 4.71. The summed E-state index contributed by atoms with van der Waals surface area (Å²) >= 11 is 0. The van der Waals surface area contributed by atoms with Crippen LogP contribution in [0.15, 0.2) is 78.9 Å². The van der Waals surface area contributed by atoms with Crippen molar-refractivity contribution in [1.82, 2.24) is 10.6 Å². The van der Waals surface area contributed by atoms with Crippen LogP contribution in [0.3, 0.4) is 0 Å². The molecule has 0 aromatic heterocycles. The summed E-state index contributed by atoms with van der Waals surface area (Å²) in [5.74, 6) is 0.765. The first kappa shape index (κ1) is 19.5. The first-order chi connectivity index (χ1) is 13.6. The van der Waals surface area contributed by atoms with E-state index in [0.717, 1.165) is 28.0 Å². The van der Waals surface area contributed by atoms with Crippen molar-refractivity contribution in [3.05, 3.63) is 101 Å². The lowest BCUT2D eigenvalue weighted by molar-refractivity contribution is 0.235. The van der Waals surface area contributed by atoms with Gasteiger partial charge in [0.2, 0.25) is 0 Å². The van der Waals surface area contributed by atoms with Gasteiger partial charge in [0.1, 0.15) is 5.75 Å². The van der Waals surface area contributed by atoms with Crippen LogP contribution in [-0.4, -0.2) is 13.1 Å². The first-order valence-corrected chi connectivity index (χ1v) is 9.40. The molecule has 0 saturated heterocycles. The molecule has 0 aliphatic rings. The van der Waals surface area contributed by atoms with E-state index in [0.29, 0.717) is 0 Å². The second-order valence-electron chi connectivity index (χ2n) is 6.84. The van der Waals surface area contributed by atoms with E-state index in [1.807, 2.05) is 92.7 Å². The summed E-state index contributed by atoms with van der Waals surface area (Å²) in [5.41, 5.74) is 4.14. The maximum Gasteiger partial charge on any atom is 0.316 e. The molecule has 2 N–H and O–H groups in total. The molecule has 3 aromatic rings. The van der Waals surface area contributed by atoms with Crippen LogP contribution in [0, 0.1) is 6.92 Å². The Labute approximate surface area is 166 Å². The van der Waals surface area contributed by atoms with Gasteiger partial charge in [-0.1, -0.05) is 78.4 Å². The van der Waals surface area contributed by atoms with Gasteiger partial charge in [-0.15, -0.1) is 0 Å². The molecule has 0 fully saturated rings. The summed E-state index contributed by atoms with van der Waals surface area (Å²) in [6.07, 6.45) is 0. The Bertz CT molecular complexity index is 871.